The zero-order chi connectivity index (χ0) is 16.2. The van der Waals surface area contributed by atoms with Crippen LogP contribution in [0, 0.1) is 0 Å². The summed E-state index contributed by atoms with van der Waals surface area (Å²) in [6, 6.07) is 14.1. The van der Waals surface area contributed by atoms with E-state index in [1.165, 1.54) is 12.1 Å². The maximum atomic E-state index is 12.2. The number of hydrogen-bond acceptors (Lipinski definition) is 4. The first-order chi connectivity index (χ1) is 10.3. The van der Waals surface area contributed by atoms with Crippen molar-refractivity contribution < 1.29 is 30.5 Å². The van der Waals surface area contributed by atoms with Crippen LogP contribution >= 0.6 is 0 Å². The standard InChI is InChI=1S/C14H11F3O4S/c15-14(16,17)22(18,19)21-13-8-4-7-12(9-13)20-10-11-5-2-1-3-6-11/h1-9H,10H2. The Morgan fingerprint density at radius 2 is 1.55 bits per heavy atom. The second-order valence-corrected chi connectivity index (χ2v) is 5.77. The summed E-state index contributed by atoms with van der Waals surface area (Å²) in [5.74, 6) is -0.276. The third-order valence-electron chi connectivity index (χ3n) is 2.54. The molecular formula is C14H11F3O4S. The first-order valence-electron chi connectivity index (χ1n) is 6.05. The van der Waals surface area contributed by atoms with Gasteiger partial charge in [-0.25, -0.2) is 0 Å². The summed E-state index contributed by atoms with van der Waals surface area (Å²) < 4.78 is 68.0. The molecule has 8 heteroatoms. The lowest BCUT2D eigenvalue weighted by molar-refractivity contribution is -0.0500. The Morgan fingerprint density at radius 3 is 2.18 bits per heavy atom. The van der Waals surface area contributed by atoms with Crippen molar-refractivity contribution in [2.45, 2.75) is 12.1 Å². The molecule has 0 aliphatic rings. The normalized spacial score (nSPS) is 12.0. The van der Waals surface area contributed by atoms with Gasteiger partial charge in [0.25, 0.3) is 0 Å². The van der Waals surface area contributed by atoms with Gasteiger partial charge in [0.05, 0.1) is 0 Å². The summed E-state index contributed by atoms with van der Waals surface area (Å²) in [5, 5.41) is 0. The van der Waals surface area contributed by atoms with Gasteiger partial charge in [0.15, 0.2) is 0 Å². The van der Waals surface area contributed by atoms with Crippen molar-refractivity contribution in [2.24, 2.45) is 0 Å². The summed E-state index contributed by atoms with van der Waals surface area (Å²) in [6.45, 7) is 0.191. The Labute approximate surface area is 125 Å². The maximum absolute atomic E-state index is 12.2. The fourth-order valence-electron chi connectivity index (χ4n) is 1.53. The number of benzene rings is 2. The monoisotopic (exact) mass is 332 g/mol. The van der Waals surface area contributed by atoms with Crippen LogP contribution in [0.4, 0.5) is 13.2 Å². The van der Waals surface area contributed by atoms with Gasteiger partial charge in [-0.2, -0.15) is 21.6 Å². The molecule has 0 saturated heterocycles. The van der Waals surface area contributed by atoms with Crippen molar-refractivity contribution >= 4 is 10.1 Å². The average molecular weight is 332 g/mol. The summed E-state index contributed by atoms with van der Waals surface area (Å²) in [5.41, 5.74) is -4.62. The van der Waals surface area contributed by atoms with Crippen LogP contribution in [0.25, 0.3) is 0 Å². The van der Waals surface area contributed by atoms with E-state index in [0.29, 0.717) is 0 Å². The SMILES string of the molecule is O=S(=O)(Oc1cccc(OCc2ccccc2)c1)C(F)(F)F. The number of ether oxygens (including phenoxy) is 1. The van der Waals surface area contributed by atoms with Crippen LogP contribution in [0.1, 0.15) is 5.56 Å². The molecule has 0 amide bonds. The topological polar surface area (TPSA) is 52.6 Å². The lowest BCUT2D eigenvalue weighted by Gasteiger charge is -2.11. The molecule has 0 N–H and O–H groups in total. The first-order valence-corrected chi connectivity index (χ1v) is 7.46. The predicted molar refractivity (Wildman–Crippen MR) is 72.8 cm³/mol. The molecule has 118 valence electrons. The van der Waals surface area contributed by atoms with Gasteiger partial charge >= 0.3 is 15.6 Å². The van der Waals surface area contributed by atoms with E-state index in [0.717, 1.165) is 17.7 Å². The number of alkyl halides is 3. The zero-order valence-corrected chi connectivity index (χ0v) is 11.9. The molecule has 0 saturated carbocycles. The zero-order valence-electron chi connectivity index (χ0n) is 11.1. The van der Waals surface area contributed by atoms with E-state index in [1.54, 1.807) is 0 Å². The summed E-state index contributed by atoms with van der Waals surface area (Å²) in [4.78, 5) is 0. The van der Waals surface area contributed by atoms with Gasteiger partial charge in [0.2, 0.25) is 0 Å². The molecule has 0 bridgehead atoms. The number of hydrogen-bond donors (Lipinski definition) is 0. The summed E-state index contributed by atoms with van der Waals surface area (Å²) >= 11 is 0. The van der Waals surface area contributed by atoms with E-state index in [4.69, 9.17) is 4.74 Å². The van der Waals surface area contributed by atoms with E-state index in [2.05, 4.69) is 4.18 Å². The molecule has 0 unspecified atom stereocenters. The lowest BCUT2D eigenvalue weighted by atomic mass is 10.2. The minimum atomic E-state index is -5.69. The van der Waals surface area contributed by atoms with Crippen LogP contribution in [0.2, 0.25) is 0 Å². The second-order valence-electron chi connectivity index (χ2n) is 4.23. The average Bonchev–Trinajstić information content (AvgIpc) is 2.45. The molecule has 0 heterocycles. The smallest absolute Gasteiger partial charge is 0.489 e. The number of rotatable bonds is 5. The molecule has 4 nitrogen and oxygen atoms in total. The quantitative estimate of drug-likeness (QED) is 0.621. The van der Waals surface area contributed by atoms with E-state index >= 15 is 0 Å². The van der Waals surface area contributed by atoms with Crippen molar-refractivity contribution in [3.8, 4) is 11.5 Å². The van der Waals surface area contributed by atoms with Gasteiger partial charge in [0, 0.05) is 6.07 Å². The number of halogens is 3. The van der Waals surface area contributed by atoms with Crippen LogP contribution in [0.5, 0.6) is 11.5 Å². The Morgan fingerprint density at radius 1 is 0.909 bits per heavy atom. The molecule has 2 rings (SSSR count). The highest BCUT2D eigenvalue weighted by Crippen LogP contribution is 2.28. The van der Waals surface area contributed by atoms with E-state index < -0.39 is 21.4 Å². The maximum Gasteiger partial charge on any atom is 0.534 e. The highest BCUT2D eigenvalue weighted by atomic mass is 32.2. The van der Waals surface area contributed by atoms with Gasteiger partial charge in [0.1, 0.15) is 18.1 Å². The minimum absolute atomic E-state index is 0.191. The molecule has 0 spiro atoms. The molecule has 0 atom stereocenters. The minimum Gasteiger partial charge on any atom is -0.489 e. The Kier molecular flexibility index (Phi) is 4.60. The lowest BCUT2D eigenvalue weighted by Crippen LogP contribution is -2.28. The molecule has 0 aromatic heterocycles. The molecule has 22 heavy (non-hydrogen) atoms. The van der Waals surface area contributed by atoms with Crippen molar-refractivity contribution in [2.75, 3.05) is 0 Å². The van der Waals surface area contributed by atoms with Gasteiger partial charge in [-0.1, -0.05) is 36.4 Å². The van der Waals surface area contributed by atoms with Crippen molar-refractivity contribution in [3.63, 3.8) is 0 Å². The van der Waals surface area contributed by atoms with Crippen molar-refractivity contribution in [1.82, 2.24) is 0 Å². The van der Waals surface area contributed by atoms with Crippen LogP contribution in [-0.4, -0.2) is 13.9 Å². The van der Waals surface area contributed by atoms with Gasteiger partial charge < -0.3 is 8.92 Å². The van der Waals surface area contributed by atoms with Crippen molar-refractivity contribution in [3.05, 3.63) is 60.2 Å². The third-order valence-corrected chi connectivity index (χ3v) is 3.52. The largest absolute Gasteiger partial charge is 0.534 e. The van der Waals surface area contributed by atoms with E-state index in [9.17, 15) is 21.6 Å². The first kappa shape index (κ1) is 16.2. The molecule has 0 radical (unpaired) electrons. The Hall–Kier alpha value is -2.22. The molecule has 0 aliphatic heterocycles. The summed E-state index contributed by atoms with van der Waals surface area (Å²) in [7, 11) is -5.69. The predicted octanol–water partition coefficient (Wildman–Crippen LogP) is 3.49. The molecule has 0 fully saturated rings. The highest BCUT2D eigenvalue weighted by molar-refractivity contribution is 7.88. The Balaban J connectivity index is 2.07. The molecule has 2 aromatic rings. The second kappa shape index (κ2) is 6.27. The van der Waals surface area contributed by atoms with Gasteiger partial charge in [-0.05, 0) is 17.7 Å². The molecule has 0 aliphatic carbocycles. The van der Waals surface area contributed by atoms with E-state index in [1.807, 2.05) is 30.3 Å². The fraction of sp³-hybridized carbons (Fsp3) is 0.143. The van der Waals surface area contributed by atoms with Crippen LogP contribution in [0.3, 0.4) is 0 Å². The molecular weight excluding hydrogens is 321 g/mol. The fourth-order valence-corrected chi connectivity index (χ4v) is 1.98. The van der Waals surface area contributed by atoms with Gasteiger partial charge in [-0.15, -0.1) is 0 Å². The van der Waals surface area contributed by atoms with Gasteiger partial charge in [-0.3, -0.25) is 0 Å². The van der Waals surface area contributed by atoms with Crippen LogP contribution in [0.15, 0.2) is 54.6 Å². The summed E-state index contributed by atoms with van der Waals surface area (Å²) in [6.07, 6.45) is 0. The third kappa shape index (κ3) is 4.14. The highest BCUT2D eigenvalue weighted by Gasteiger charge is 2.48. The molecule has 2 aromatic carbocycles. The van der Waals surface area contributed by atoms with Crippen LogP contribution in [-0.2, 0) is 16.7 Å². The van der Waals surface area contributed by atoms with E-state index in [-0.39, 0.29) is 12.4 Å². The van der Waals surface area contributed by atoms with Crippen molar-refractivity contribution in [1.29, 1.82) is 0 Å². The Bertz CT molecular complexity index is 727. The van der Waals surface area contributed by atoms with Crippen LogP contribution < -0.4 is 8.92 Å².